The zero-order valence-electron chi connectivity index (χ0n) is 11.7. The molecule has 1 aromatic carbocycles. The van der Waals surface area contributed by atoms with E-state index in [4.69, 9.17) is 4.74 Å². The van der Waals surface area contributed by atoms with Gasteiger partial charge in [0.15, 0.2) is 0 Å². The summed E-state index contributed by atoms with van der Waals surface area (Å²) in [5, 5.41) is 3.72. The van der Waals surface area contributed by atoms with Gasteiger partial charge in [-0.25, -0.2) is 0 Å². The van der Waals surface area contributed by atoms with E-state index in [2.05, 4.69) is 5.32 Å². The molecule has 19 heavy (non-hydrogen) atoms. The third-order valence-corrected chi connectivity index (χ3v) is 4.62. The normalized spacial score (nSPS) is 20.8. The average Bonchev–Trinajstić information content (AvgIpc) is 3.21. The summed E-state index contributed by atoms with van der Waals surface area (Å²) in [7, 11) is 0. The Hall–Kier alpha value is -1.02. The summed E-state index contributed by atoms with van der Waals surface area (Å²) in [6.45, 7) is 2.10. The van der Waals surface area contributed by atoms with Gasteiger partial charge in [-0.2, -0.15) is 0 Å². The minimum absolute atomic E-state index is 0.600. The maximum Gasteiger partial charge on any atom is 0.119 e. The highest BCUT2D eigenvalue weighted by Crippen LogP contribution is 2.44. The minimum Gasteiger partial charge on any atom is -0.494 e. The smallest absolute Gasteiger partial charge is 0.119 e. The first kappa shape index (κ1) is 13.0. The number of nitrogens with one attached hydrogen (secondary N) is 1. The SMILES string of the molecule is c1ccc(OCCCC2(CNC3CC3)CCC2)cc1. The highest BCUT2D eigenvalue weighted by atomic mass is 16.5. The molecular weight excluding hydrogens is 234 g/mol. The van der Waals surface area contributed by atoms with Gasteiger partial charge in [-0.3, -0.25) is 0 Å². The Morgan fingerprint density at radius 3 is 2.58 bits per heavy atom. The Balaban J connectivity index is 1.35. The van der Waals surface area contributed by atoms with Gasteiger partial charge in [0, 0.05) is 12.6 Å². The van der Waals surface area contributed by atoms with Crippen molar-refractivity contribution in [1.82, 2.24) is 5.32 Å². The van der Waals surface area contributed by atoms with Gasteiger partial charge >= 0.3 is 0 Å². The van der Waals surface area contributed by atoms with Crippen molar-refractivity contribution in [2.45, 2.75) is 51.0 Å². The van der Waals surface area contributed by atoms with Crippen LogP contribution in [0, 0.1) is 5.41 Å². The summed E-state index contributed by atoms with van der Waals surface area (Å²) in [6.07, 6.45) is 9.54. The van der Waals surface area contributed by atoms with Crippen LogP contribution in [0.3, 0.4) is 0 Å². The molecule has 104 valence electrons. The average molecular weight is 259 g/mol. The molecule has 1 aromatic rings. The lowest BCUT2D eigenvalue weighted by atomic mass is 9.66. The van der Waals surface area contributed by atoms with E-state index >= 15 is 0 Å². The quantitative estimate of drug-likeness (QED) is 0.718. The van der Waals surface area contributed by atoms with Gasteiger partial charge in [0.25, 0.3) is 0 Å². The van der Waals surface area contributed by atoms with Gasteiger partial charge in [0.2, 0.25) is 0 Å². The van der Waals surface area contributed by atoms with Crippen LogP contribution in [0.2, 0.25) is 0 Å². The van der Waals surface area contributed by atoms with Crippen molar-refractivity contribution in [1.29, 1.82) is 0 Å². The van der Waals surface area contributed by atoms with Crippen LogP contribution in [-0.4, -0.2) is 19.2 Å². The zero-order valence-corrected chi connectivity index (χ0v) is 11.7. The van der Waals surface area contributed by atoms with E-state index in [-0.39, 0.29) is 0 Å². The van der Waals surface area contributed by atoms with Crippen molar-refractivity contribution < 1.29 is 4.74 Å². The monoisotopic (exact) mass is 259 g/mol. The van der Waals surface area contributed by atoms with Crippen LogP contribution in [0.1, 0.15) is 44.9 Å². The lowest BCUT2D eigenvalue weighted by Gasteiger charge is -2.42. The molecule has 2 fully saturated rings. The molecule has 1 N–H and O–H groups in total. The standard InChI is InChI=1S/C17H25NO/c1-2-6-16(7-3-1)19-13-5-12-17(10-4-11-17)14-18-15-8-9-15/h1-3,6-7,15,18H,4-5,8-14H2. The van der Waals surface area contributed by atoms with Gasteiger partial charge < -0.3 is 10.1 Å². The maximum atomic E-state index is 5.79. The van der Waals surface area contributed by atoms with Gasteiger partial charge in [-0.05, 0) is 56.1 Å². The number of para-hydroxylation sites is 1. The third-order valence-electron chi connectivity index (χ3n) is 4.62. The van der Waals surface area contributed by atoms with E-state index in [1.807, 2.05) is 30.3 Å². The predicted molar refractivity (Wildman–Crippen MR) is 78.5 cm³/mol. The van der Waals surface area contributed by atoms with E-state index in [0.29, 0.717) is 5.41 Å². The van der Waals surface area contributed by atoms with E-state index in [0.717, 1.165) is 18.4 Å². The molecule has 2 aliphatic carbocycles. The molecule has 2 heteroatoms. The number of ether oxygens (including phenoxy) is 1. The first-order chi connectivity index (χ1) is 9.36. The summed E-state index contributed by atoms with van der Waals surface area (Å²) >= 11 is 0. The highest BCUT2D eigenvalue weighted by molar-refractivity contribution is 5.20. The van der Waals surface area contributed by atoms with E-state index in [1.165, 1.54) is 51.5 Å². The van der Waals surface area contributed by atoms with Gasteiger partial charge in [-0.1, -0.05) is 24.6 Å². The van der Waals surface area contributed by atoms with Gasteiger partial charge in [-0.15, -0.1) is 0 Å². The number of hydrogen-bond acceptors (Lipinski definition) is 2. The second-order valence-electron chi connectivity index (χ2n) is 6.27. The van der Waals surface area contributed by atoms with Gasteiger partial charge in [0.1, 0.15) is 5.75 Å². The Kier molecular flexibility index (Phi) is 4.07. The fraction of sp³-hybridized carbons (Fsp3) is 0.647. The fourth-order valence-electron chi connectivity index (χ4n) is 2.99. The third kappa shape index (κ3) is 3.73. The molecule has 2 aliphatic rings. The molecule has 0 saturated heterocycles. The molecule has 0 spiro atoms. The van der Waals surface area contributed by atoms with Crippen LogP contribution in [0.4, 0.5) is 0 Å². The van der Waals surface area contributed by atoms with E-state index < -0.39 is 0 Å². The minimum atomic E-state index is 0.600. The molecule has 0 atom stereocenters. The second-order valence-corrected chi connectivity index (χ2v) is 6.27. The first-order valence-electron chi connectivity index (χ1n) is 7.78. The van der Waals surface area contributed by atoms with Crippen LogP contribution in [0.25, 0.3) is 0 Å². The molecule has 2 nitrogen and oxygen atoms in total. The Labute approximate surface area is 116 Å². The summed E-state index contributed by atoms with van der Waals surface area (Å²) in [6, 6.07) is 11.0. The summed E-state index contributed by atoms with van der Waals surface area (Å²) in [5.41, 5.74) is 0.600. The Morgan fingerprint density at radius 1 is 1.16 bits per heavy atom. The fourth-order valence-corrected chi connectivity index (χ4v) is 2.99. The molecule has 0 aromatic heterocycles. The zero-order chi connectivity index (χ0) is 13.0. The van der Waals surface area contributed by atoms with Crippen LogP contribution in [0.15, 0.2) is 30.3 Å². The molecule has 2 saturated carbocycles. The van der Waals surface area contributed by atoms with Crippen molar-refractivity contribution >= 4 is 0 Å². The molecule has 0 bridgehead atoms. The van der Waals surface area contributed by atoms with Crippen LogP contribution in [0.5, 0.6) is 5.75 Å². The number of hydrogen-bond donors (Lipinski definition) is 1. The molecule has 3 rings (SSSR count). The van der Waals surface area contributed by atoms with E-state index in [9.17, 15) is 0 Å². The molecule has 0 radical (unpaired) electrons. The summed E-state index contributed by atoms with van der Waals surface area (Å²) in [4.78, 5) is 0. The summed E-state index contributed by atoms with van der Waals surface area (Å²) < 4.78 is 5.79. The van der Waals surface area contributed by atoms with Crippen molar-refractivity contribution in [3.05, 3.63) is 30.3 Å². The van der Waals surface area contributed by atoms with E-state index in [1.54, 1.807) is 0 Å². The molecular formula is C17H25NO. The van der Waals surface area contributed by atoms with Crippen LogP contribution >= 0.6 is 0 Å². The van der Waals surface area contributed by atoms with Crippen molar-refractivity contribution in [2.75, 3.05) is 13.2 Å². The molecule has 0 unspecified atom stereocenters. The Bertz CT molecular complexity index is 382. The number of benzene rings is 1. The Morgan fingerprint density at radius 2 is 1.95 bits per heavy atom. The topological polar surface area (TPSA) is 21.3 Å². The van der Waals surface area contributed by atoms with Crippen LogP contribution in [-0.2, 0) is 0 Å². The predicted octanol–water partition coefficient (Wildman–Crippen LogP) is 3.77. The van der Waals surface area contributed by atoms with Crippen molar-refractivity contribution in [3.63, 3.8) is 0 Å². The second kappa shape index (κ2) is 5.96. The largest absolute Gasteiger partial charge is 0.494 e. The highest BCUT2D eigenvalue weighted by Gasteiger charge is 2.37. The lowest BCUT2D eigenvalue weighted by molar-refractivity contribution is 0.105. The van der Waals surface area contributed by atoms with Crippen molar-refractivity contribution in [2.24, 2.45) is 5.41 Å². The van der Waals surface area contributed by atoms with Crippen molar-refractivity contribution in [3.8, 4) is 5.75 Å². The molecule has 0 heterocycles. The molecule has 0 aliphatic heterocycles. The number of rotatable bonds is 8. The summed E-state index contributed by atoms with van der Waals surface area (Å²) in [5.74, 6) is 1.00. The van der Waals surface area contributed by atoms with Gasteiger partial charge in [0.05, 0.1) is 6.61 Å². The first-order valence-corrected chi connectivity index (χ1v) is 7.78. The lowest BCUT2D eigenvalue weighted by Crippen LogP contribution is -2.40. The molecule has 0 amide bonds. The van der Waals surface area contributed by atoms with Crippen LogP contribution < -0.4 is 10.1 Å². The maximum absolute atomic E-state index is 5.79.